The molecule has 3 aromatic rings. The topological polar surface area (TPSA) is 63.0 Å². The summed E-state index contributed by atoms with van der Waals surface area (Å²) in [6.45, 7) is 8.31. The van der Waals surface area contributed by atoms with Crippen LogP contribution in [-0.4, -0.2) is 41.1 Å². The highest BCUT2D eigenvalue weighted by Gasteiger charge is 2.07. The van der Waals surface area contributed by atoms with Crippen molar-refractivity contribution in [2.45, 2.75) is 33.3 Å². The molecule has 0 amide bonds. The monoisotopic (exact) mass is 507 g/mol. The van der Waals surface area contributed by atoms with Crippen LogP contribution in [0.5, 0.6) is 5.75 Å². The van der Waals surface area contributed by atoms with Crippen molar-refractivity contribution < 1.29 is 4.74 Å². The van der Waals surface area contributed by atoms with Crippen molar-refractivity contribution in [2.75, 3.05) is 19.6 Å². The maximum Gasteiger partial charge on any atom is 0.191 e. The molecule has 0 radical (unpaired) electrons. The molecule has 0 bridgehead atoms. The minimum atomic E-state index is -0.00463. The van der Waals surface area contributed by atoms with E-state index in [0.717, 1.165) is 48.1 Å². The Kier molecular flexibility index (Phi) is 9.24. The summed E-state index contributed by atoms with van der Waals surface area (Å²) in [6.07, 6.45) is 4.91. The highest BCUT2D eigenvalue weighted by atomic mass is 127. The standard InChI is InChI=1S/C22H29N5O.HI/c1-4-23-22(25-15-18(3)28-20-10-6-5-9-17(20)2)24-13-12-19-16-27-14-8-7-11-21(27)26-19;/h5-11,14,16,18H,4,12-13,15H2,1-3H3,(H2,23,24,25);1H. The van der Waals surface area contributed by atoms with Gasteiger partial charge in [0, 0.05) is 31.9 Å². The fourth-order valence-electron chi connectivity index (χ4n) is 2.92. The number of fused-ring (bicyclic) bond motifs is 1. The zero-order valence-electron chi connectivity index (χ0n) is 17.3. The molecule has 6 nitrogen and oxygen atoms in total. The summed E-state index contributed by atoms with van der Waals surface area (Å²) in [5.74, 6) is 1.71. The Balaban J connectivity index is 0.00000300. The lowest BCUT2D eigenvalue weighted by molar-refractivity contribution is 0.228. The first-order chi connectivity index (χ1) is 13.7. The quantitative estimate of drug-likeness (QED) is 0.277. The Morgan fingerprint density at radius 3 is 2.72 bits per heavy atom. The van der Waals surface area contributed by atoms with Gasteiger partial charge in [-0.1, -0.05) is 24.3 Å². The van der Waals surface area contributed by atoms with Gasteiger partial charge in [-0.25, -0.2) is 9.98 Å². The maximum atomic E-state index is 6.01. The molecule has 0 aliphatic carbocycles. The van der Waals surface area contributed by atoms with Gasteiger partial charge in [0.15, 0.2) is 5.96 Å². The van der Waals surface area contributed by atoms with Gasteiger partial charge in [0.25, 0.3) is 0 Å². The average molecular weight is 507 g/mol. The molecule has 0 saturated heterocycles. The van der Waals surface area contributed by atoms with Gasteiger partial charge in [-0.3, -0.25) is 0 Å². The molecule has 0 spiro atoms. The molecule has 2 N–H and O–H groups in total. The van der Waals surface area contributed by atoms with Crippen molar-refractivity contribution in [3.8, 4) is 5.75 Å². The van der Waals surface area contributed by atoms with Crippen molar-refractivity contribution in [1.82, 2.24) is 20.0 Å². The third-order valence-corrected chi connectivity index (χ3v) is 4.36. The fraction of sp³-hybridized carbons (Fsp3) is 0.364. The van der Waals surface area contributed by atoms with Crippen LogP contribution in [0.2, 0.25) is 0 Å². The molecule has 0 fully saturated rings. The van der Waals surface area contributed by atoms with Gasteiger partial charge in [-0.05, 0) is 44.5 Å². The van der Waals surface area contributed by atoms with E-state index in [4.69, 9.17) is 4.74 Å². The Morgan fingerprint density at radius 1 is 1.17 bits per heavy atom. The van der Waals surface area contributed by atoms with Gasteiger partial charge >= 0.3 is 0 Å². The Bertz CT molecular complexity index is 891. The van der Waals surface area contributed by atoms with E-state index in [1.807, 2.05) is 53.9 Å². The summed E-state index contributed by atoms with van der Waals surface area (Å²) in [5, 5.41) is 6.66. The van der Waals surface area contributed by atoms with Gasteiger partial charge < -0.3 is 19.8 Å². The van der Waals surface area contributed by atoms with Crippen LogP contribution in [0, 0.1) is 6.92 Å². The summed E-state index contributed by atoms with van der Waals surface area (Å²) in [5.41, 5.74) is 3.17. The van der Waals surface area contributed by atoms with E-state index in [0.29, 0.717) is 6.54 Å². The number of halogens is 1. The predicted octanol–water partition coefficient (Wildman–Crippen LogP) is 3.83. The van der Waals surface area contributed by atoms with Crippen LogP contribution in [0.1, 0.15) is 25.1 Å². The molecule has 29 heavy (non-hydrogen) atoms. The SMILES string of the molecule is CCNC(=NCC(C)Oc1ccccc1C)NCCc1cn2ccccc2n1.I. The lowest BCUT2D eigenvalue weighted by atomic mass is 10.2. The number of hydrogen-bond donors (Lipinski definition) is 2. The highest BCUT2D eigenvalue weighted by Crippen LogP contribution is 2.17. The third kappa shape index (κ3) is 6.92. The molecule has 156 valence electrons. The third-order valence-electron chi connectivity index (χ3n) is 4.36. The van der Waals surface area contributed by atoms with Crippen LogP contribution in [0.4, 0.5) is 0 Å². The summed E-state index contributed by atoms with van der Waals surface area (Å²) in [6, 6.07) is 14.1. The van der Waals surface area contributed by atoms with Gasteiger partial charge in [-0.15, -0.1) is 24.0 Å². The summed E-state index contributed by atoms with van der Waals surface area (Å²) in [7, 11) is 0. The molecular weight excluding hydrogens is 477 g/mol. The normalized spacial score (nSPS) is 12.3. The number of nitrogens with one attached hydrogen (secondary N) is 2. The van der Waals surface area contributed by atoms with E-state index in [9.17, 15) is 0 Å². The molecular formula is C22H30IN5O. The number of hydrogen-bond acceptors (Lipinski definition) is 3. The molecule has 3 rings (SSSR count). The van der Waals surface area contributed by atoms with Crippen molar-refractivity contribution >= 4 is 35.6 Å². The van der Waals surface area contributed by atoms with Crippen molar-refractivity contribution in [3.63, 3.8) is 0 Å². The van der Waals surface area contributed by atoms with Crippen LogP contribution < -0.4 is 15.4 Å². The van der Waals surface area contributed by atoms with Crippen molar-refractivity contribution in [3.05, 3.63) is 66.1 Å². The first-order valence-electron chi connectivity index (χ1n) is 9.82. The van der Waals surface area contributed by atoms with E-state index in [1.165, 1.54) is 0 Å². The van der Waals surface area contributed by atoms with Crippen molar-refractivity contribution in [2.24, 2.45) is 4.99 Å². The minimum absolute atomic E-state index is 0. The molecule has 0 aliphatic heterocycles. The number of guanidine groups is 1. The molecule has 0 saturated carbocycles. The number of ether oxygens (including phenoxy) is 1. The second-order valence-corrected chi connectivity index (χ2v) is 6.79. The minimum Gasteiger partial charge on any atom is -0.489 e. The number of aryl methyl sites for hydroxylation is 1. The molecule has 1 aromatic carbocycles. The fourth-order valence-corrected chi connectivity index (χ4v) is 2.92. The number of benzene rings is 1. The maximum absolute atomic E-state index is 6.01. The van der Waals surface area contributed by atoms with Crippen LogP contribution in [0.25, 0.3) is 5.65 Å². The van der Waals surface area contributed by atoms with E-state index >= 15 is 0 Å². The largest absolute Gasteiger partial charge is 0.489 e. The summed E-state index contributed by atoms with van der Waals surface area (Å²) >= 11 is 0. The molecule has 2 aromatic heterocycles. The van der Waals surface area contributed by atoms with Crippen LogP contribution in [0.15, 0.2) is 59.9 Å². The lowest BCUT2D eigenvalue weighted by Crippen LogP contribution is -2.39. The number of pyridine rings is 1. The highest BCUT2D eigenvalue weighted by molar-refractivity contribution is 14.0. The van der Waals surface area contributed by atoms with E-state index < -0.39 is 0 Å². The van der Waals surface area contributed by atoms with Crippen LogP contribution in [-0.2, 0) is 6.42 Å². The van der Waals surface area contributed by atoms with E-state index in [2.05, 4.69) is 46.7 Å². The number of nitrogens with zero attached hydrogens (tertiary/aromatic N) is 3. The van der Waals surface area contributed by atoms with Gasteiger partial charge in [0.05, 0.1) is 12.2 Å². The Hall–Kier alpha value is -2.29. The molecule has 1 atom stereocenters. The smallest absolute Gasteiger partial charge is 0.191 e. The average Bonchev–Trinajstić information content (AvgIpc) is 3.11. The van der Waals surface area contributed by atoms with E-state index in [1.54, 1.807) is 0 Å². The predicted molar refractivity (Wildman–Crippen MR) is 130 cm³/mol. The first kappa shape index (κ1) is 23.0. The zero-order valence-corrected chi connectivity index (χ0v) is 19.6. The second kappa shape index (κ2) is 11.6. The lowest BCUT2D eigenvalue weighted by Gasteiger charge is -2.16. The summed E-state index contributed by atoms with van der Waals surface area (Å²) < 4.78 is 8.05. The number of para-hydroxylation sites is 1. The van der Waals surface area contributed by atoms with Gasteiger partial charge in [-0.2, -0.15) is 0 Å². The Labute approximate surface area is 189 Å². The molecule has 2 heterocycles. The number of aliphatic imine (C=N–C) groups is 1. The molecule has 1 unspecified atom stereocenters. The van der Waals surface area contributed by atoms with Crippen LogP contribution in [0.3, 0.4) is 0 Å². The van der Waals surface area contributed by atoms with Crippen molar-refractivity contribution in [1.29, 1.82) is 0 Å². The number of rotatable bonds is 8. The molecule has 0 aliphatic rings. The zero-order chi connectivity index (χ0) is 19.8. The van der Waals surface area contributed by atoms with Crippen LogP contribution >= 0.6 is 24.0 Å². The number of aromatic nitrogens is 2. The number of imidazole rings is 1. The first-order valence-corrected chi connectivity index (χ1v) is 9.82. The second-order valence-electron chi connectivity index (χ2n) is 6.79. The van der Waals surface area contributed by atoms with E-state index in [-0.39, 0.29) is 30.1 Å². The molecule has 7 heteroatoms. The summed E-state index contributed by atoms with van der Waals surface area (Å²) in [4.78, 5) is 9.28. The van der Waals surface area contributed by atoms with Gasteiger partial charge in [0.1, 0.15) is 17.5 Å². The van der Waals surface area contributed by atoms with Gasteiger partial charge in [0.2, 0.25) is 0 Å². The Morgan fingerprint density at radius 2 is 1.97 bits per heavy atom.